The molecule has 0 atom stereocenters. The van der Waals surface area contributed by atoms with Crippen LogP contribution in [-0.4, -0.2) is 24.3 Å². The molecule has 0 aliphatic rings. The SMILES string of the molecule is COc1cc(/C=N\NC(=O)c2sc3cc(F)ccc3c2Cl)ccc1O. The summed E-state index contributed by atoms with van der Waals surface area (Å²) in [7, 11) is 1.43. The minimum absolute atomic E-state index is 0.00738. The van der Waals surface area contributed by atoms with Gasteiger partial charge in [0.1, 0.15) is 10.7 Å². The number of hydrazone groups is 1. The zero-order chi connectivity index (χ0) is 18.0. The lowest BCUT2D eigenvalue weighted by Crippen LogP contribution is -2.16. The molecule has 2 N–H and O–H groups in total. The van der Waals surface area contributed by atoms with E-state index in [4.69, 9.17) is 16.3 Å². The quantitative estimate of drug-likeness (QED) is 0.528. The normalized spacial score (nSPS) is 11.2. The average Bonchev–Trinajstić information content (AvgIpc) is 2.92. The van der Waals surface area contributed by atoms with E-state index < -0.39 is 11.7 Å². The summed E-state index contributed by atoms with van der Waals surface area (Å²) in [5.74, 6) is -0.580. The number of rotatable bonds is 4. The molecule has 2 aromatic carbocycles. The summed E-state index contributed by atoms with van der Waals surface area (Å²) in [5.41, 5.74) is 3.00. The van der Waals surface area contributed by atoms with Gasteiger partial charge in [-0.1, -0.05) is 11.6 Å². The molecule has 0 bridgehead atoms. The Morgan fingerprint density at radius 3 is 2.92 bits per heavy atom. The summed E-state index contributed by atoms with van der Waals surface area (Å²) in [5, 5.41) is 14.3. The molecule has 0 unspecified atom stereocenters. The summed E-state index contributed by atoms with van der Waals surface area (Å²) >= 11 is 7.28. The molecule has 25 heavy (non-hydrogen) atoms. The van der Waals surface area contributed by atoms with Gasteiger partial charge < -0.3 is 9.84 Å². The van der Waals surface area contributed by atoms with Crippen molar-refractivity contribution in [2.24, 2.45) is 5.10 Å². The molecule has 3 aromatic rings. The van der Waals surface area contributed by atoms with Gasteiger partial charge in [-0.05, 0) is 42.0 Å². The Balaban J connectivity index is 1.77. The molecular weight excluding hydrogens is 367 g/mol. The molecule has 128 valence electrons. The zero-order valence-electron chi connectivity index (χ0n) is 12.9. The molecule has 0 aliphatic heterocycles. The fourth-order valence-corrected chi connectivity index (χ4v) is 3.61. The Bertz CT molecular complexity index is 987. The fourth-order valence-electron chi connectivity index (χ4n) is 2.18. The molecule has 0 aliphatic carbocycles. The van der Waals surface area contributed by atoms with E-state index in [9.17, 15) is 14.3 Å². The number of nitrogens with zero attached hydrogens (tertiary/aromatic N) is 1. The predicted octanol–water partition coefficient (Wildman–Crippen LogP) is 4.17. The third kappa shape index (κ3) is 3.57. The van der Waals surface area contributed by atoms with Crippen molar-refractivity contribution in [3.05, 3.63) is 57.7 Å². The summed E-state index contributed by atoms with van der Waals surface area (Å²) < 4.78 is 18.9. The number of hydrogen-bond acceptors (Lipinski definition) is 5. The number of fused-ring (bicyclic) bond motifs is 1. The minimum Gasteiger partial charge on any atom is -0.504 e. The van der Waals surface area contributed by atoms with Gasteiger partial charge in [0, 0.05) is 10.1 Å². The Kier molecular flexibility index (Phi) is 4.87. The van der Waals surface area contributed by atoms with Crippen molar-refractivity contribution in [3.63, 3.8) is 0 Å². The van der Waals surface area contributed by atoms with Crippen molar-refractivity contribution >= 4 is 45.1 Å². The average molecular weight is 379 g/mol. The number of phenolic OH excluding ortho intramolecular Hbond substituents is 1. The summed E-state index contributed by atoms with van der Waals surface area (Å²) in [6, 6.07) is 8.79. The van der Waals surface area contributed by atoms with Crippen LogP contribution in [0.5, 0.6) is 11.5 Å². The Labute approximate surface area is 151 Å². The van der Waals surface area contributed by atoms with E-state index in [1.54, 1.807) is 12.1 Å². The predicted molar refractivity (Wildman–Crippen MR) is 96.5 cm³/mol. The van der Waals surface area contributed by atoms with Crippen LogP contribution < -0.4 is 10.2 Å². The molecule has 8 heteroatoms. The van der Waals surface area contributed by atoms with E-state index in [2.05, 4.69) is 10.5 Å². The van der Waals surface area contributed by atoms with E-state index in [1.165, 1.54) is 37.6 Å². The van der Waals surface area contributed by atoms with Gasteiger partial charge in [-0.2, -0.15) is 5.10 Å². The van der Waals surface area contributed by atoms with Crippen LogP contribution in [0.1, 0.15) is 15.2 Å². The highest BCUT2D eigenvalue weighted by molar-refractivity contribution is 7.21. The molecular formula is C17H12ClFN2O3S. The number of benzene rings is 2. The van der Waals surface area contributed by atoms with Crippen molar-refractivity contribution in [1.29, 1.82) is 0 Å². The molecule has 5 nitrogen and oxygen atoms in total. The van der Waals surface area contributed by atoms with Crippen LogP contribution in [0.15, 0.2) is 41.5 Å². The van der Waals surface area contributed by atoms with Gasteiger partial charge in [0.25, 0.3) is 5.91 Å². The highest BCUT2D eigenvalue weighted by atomic mass is 35.5. The first kappa shape index (κ1) is 17.2. The Morgan fingerprint density at radius 2 is 2.16 bits per heavy atom. The highest BCUT2D eigenvalue weighted by Crippen LogP contribution is 2.35. The summed E-state index contributed by atoms with van der Waals surface area (Å²) in [4.78, 5) is 12.5. The number of halogens is 2. The number of ether oxygens (including phenoxy) is 1. The number of methoxy groups -OCH3 is 1. The molecule has 0 fully saturated rings. The van der Waals surface area contributed by atoms with Crippen molar-refractivity contribution < 1.29 is 19.0 Å². The van der Waals surface area contributed by atoms with E-state index in [0.29, 0.717) is 21.4 Å². The zero-order valence-corrected chi connectivity index (χ0v) is 14.5. The molecule has 1 aromatic heterocycles. The van der Waals surface area contributed by atoms with Crippen LogP contribution in [0, 0.1) is 5.82 Å². The topological polar surface area (TPSA) is 70.9 Å². The molecule has 1 amide bonds. The Morgan fingerprint density at radius 1 is 1.36 bits per heavy atom. The standard InChI is InChI=1S/C17H12ClFN2O3S/c1-24-13-6-9(2-5-12(13)22)8-20-21-17(23)16-15(18)11-4-3-10(19)7-14(11)25-16/h2-8,22H,1H3,(H,21,23)/b20-8-. The van der Waals surface area contributed by atoms with Gasteiger partial charge in [-0.3, -0.25) is 4.79 Å². The van der Waals surface area contributed by atoms with Gasteiger partial charge >= 0.3 is 0 Å². The number of aromatic hydroxyl groups is 1. The van der Waals surface area contributed by atoms with Crippen LogP contribution in [-0.2, 0) is 0 Å². The van der Waals surface area contributed by atoms with E-state index in [1.807, 2.05) is 0 Å². The maximum Gasteiger partial charge on any atom is 0.283 e. The number of nitrogens with one attached hydrogen (secondary N) is 1. The molecule has 0 radical (unpaired) electrons. The molecule has 0 saturated heterocycles. The fraction of sp³-hybridized carbons (Fsp3) is 0.0588. The number of hydrogen-bond donors (Lipinski definition) is 2. The molecule has 1 heterocycles. The highest BCUT2D eigenvalue weighted by Gasteiger charge is 2.17. The molecule has 0 saturated carbocycles. The van der Waals surface area contributed by atoms with E-state index >= 15 is 0 Å². The van der Waals surface area contributed by atoms with Crippen molar-refractivity contribution in [1.82, 2.24) is 5.43 Å². The first-order chi connectivity index (χ1) is 12.0. The van der Waals surface area contributed by atoms with Gasteiger partial charge in [0.2, 0.25) is 0 Å². The Hall–Kier alpha value is -2.64. The van der Waals surface area contributed by atoms with Gasteiger partial charge in [-0.25, -0.2) is 9.82 Å². The number of carbonyl (C=O) groups is 1. The lowest BCUT2D eigenvalue weighted by Gasteiger charge is -2.03. The monoisotopic (exact) mass is 378 g/mol. The van der Waals surface area contributed by atoms with Crippen LogP contribution in [0.2, 0.25) is 5.02 Å². The first-order valence-corrected chi connectivity index (χ1v) is 8.27. The second-order valence-corrected chi connectivity index (χ2v) is 6.45. The van der Waals surface area contributed by atoms with Crippen molar-refractivity contribution in [3.8, 4) is 11.5 Å². The second-order valence-electron chi connectivity index (χ2n) is 5.02. The molecule has 0 spiro atoms. The third-order valence-corrected chi connectivity index (χ3v) is 5.04. The van der Waals surface area contributed by atoms with Gasteiger partial charge in [-0.15, -0.1) is 11.3 Å². The number of amides is 1. The van der Waals surface area contributed by atoms with Gasteiger partial charge in [0.05, 0.1) is 18.3 Å². The summed E-state index contributed by atoms with van der Waals surface area (Å²) in [6.07, 6.45) is 1.40. The number of thiophene rings is 1. The largest absolute Gasteiger partial charge is 0.504 e. The minimum atomic E-state index is -0.492. The van der Waals surface area contributed by atoms with Gasteiger partial charge in [0.15, 0.2) is 11.5 Å². The van der Waals surface area contributed by atoms with Crippen LogP contribution in [0.4, 0.5) is 4.39 Å². The second kappa shape index (κ2) is 7.08. The summed E-state index contributed by atoms with van der Waals surface area (Å²) in [6.45, 7) is 0. The van der Waals surface area contributed by atoms with Crippen LogP contribution >= 0.6 is 22.9 Å². The number of carbonyl (C=O) groups excluding carboxylic acids is 1. The smallest absolute Gasteiger partial charge is 0.283 e. The maximum absolute atomic E-state index is 13.3. The van der Waals surface area contributed by atoms with Crippen LogP contribution in [0.3, 0.4) is 0 Å². The maximum atomic E-state index is 13.3. The van der Waals surface area contributed by atoms with Crippen LogP contribution in [0.25, 0.3) is 10.1 Å². The van der Waals surface area contributed by atoms with Crippen molar-refractivity contribution in [2.75, 3.05) is 7.11 Å². The lowest BCUT2D eigenvalue weighted by atomic mass is 10.2. The lowest BCUT2D eigenvalue weighted by molar-refractivity contribution is 0.0959. The van der Waals surface area contributed by atoms with Crippen molar-refractivity contribution in [2.45, 2.75) is 0 Å². The van der Waals surface area contributed by atoms with E-state index in [-0.39, 0.29) is 15.6 Å². The third-order valence-electron chi connectivity index (χ3n) is 3.38. The molecule has 3 rings (SSSR count). The first-order valence-electron chi connectivity index (χ1n) is 7.07. The van der Waals surface area contributed by atoms with E-state index in [0.717, 1.165) is 11.3 Å². The number of phenols is 1.